The van der Waals surface area contributed by atoms with Crippen LogP contribution in [0.2, 0.25) is 0 Å². The van der Waals surface area contributed by atoms with Gasteiger partial charge in [-0.2, -0.15) is 0 Å². The third kappa shape index (κ3) is 64.9. The van der Waals surface area contributed by atoms with Gasteiger partial charge in [0.1, 0.15) is 13.2 Å². The largest absolute Gasteiger partial charge is 0.462 e. The van der Waals surface area contributed by atoms with Crippen molar-refractivity contribution in [3.8, 4) is 0 Å². The van der Waals surface area contributed by atoms with Gasteiger partial charge in [-0.05, 0) is 116 Å². The normalized spacial score (nSPS) is 12.8. The molecule has 0 radical (unpaired) electrons. The molecule has 6 heteroatoms. The van der Waals surface area contributed by atoms with Crippen LogP contribution in [0.1, 0.15) is 323 Å². The second kappa shape index (κ2) is 67.6. The SMILES string of the molecule is CC/C=C\C/C=C\C/C=C\C/C=C\CCCCCCCCCCCCCCCCCCCCCCC(=O)OCC(COC(=O)CCCCCCC/C=C\CCC)OC(=O)CCCCCCCC/C=C\C/C=C\C/C=C\C/C=C\CC. The molecule has 0 aliphatic rings. The minimum atomic E-state index is -0.789. The fraction of sp³-hybridized carbons (Fsp3) is 0.716. The van der Waals surface area contributed by atoms with Crippen LogP contribution in [-0.2, 0) is 28.6 Å². The molecule has 0 amide bonds. The number of ether oxygens (including phenoxy) is 3. The molecule has 0 heterocycles. The van der Waals surface area contributed by atoms with E-state index < -0.39 is 6.10 Å². The number of esters is 3. The van der Waals surface area contributed by atoms with Crippen LogP contribution < -0.4 is 0 Å². The van der Waals surface area contributed by atoms with Gasteiger partial charge < -0.3 is 14.2 Å². The highest BCUT2D eigenvalue weighted by atomic mass is 16.6. The molecule has 0 fully saturated rings. The van der Waals surface area contributed by atoms with E-state index in [1.165, 1.54) is 148 Å². The number of unbranched alkanes of at least 4 members (excludes halogenated alkanes) is 32. The van der Waals surface area contributed by atoms with Gasteiger partial charge in [-0.1, -0.05) is 297 Å². The van der Waals surface area contributed by atoms with Crippen molar-refractivity contribution in [3.63, 3.8) is 0 Å². The maximum Gasteiger partial charge on any atom is 0.306 e. The van der Waals surface area contributed by atoms with Gasteiger partial charge in [0, 0.05) is 19.3 Å². The zero-order chi connectivity index (χ0) is 57.8. The summed E-state index contributed by atoms with van der Waals surface area (Å²) < 4.78 is 16.9. The summed E-state index contributed by atoms with van der Waals surface area (Å²) in [4.78, 5) is 38.3. The van der Waals surface area contributed by atoms with Crippen molar-refractivity contribution in [2.24, 2.45) is 0 Å². The molecule has 6 nitrogen and oxygen atoms in total. The predicted molar refractivity (Wildman–Crippen MR) is 348 cm³/mol. The summed E-state index contributed by atoms with van der Waals surface area (Å²) in [5, 5.41) is 0. The van der Waals surface area contributed by atoms with Gasteiger partial charge >= 0.3 is 17.9 Å². The Bertz CT molecular complexity index is 1610. The average Bonchev–Trinajstić information content (AvgIpc) is 3.46. The van der Waals surface area contributed by atoms with Crippen molar-refractivity contribution < 1.29 is 28.6 Å². The van der Waals surface area contributed by atoms with E-state index in [0.29, 0.717) is 19.3 Å². The van der Waals surface area contributed by atoms with Gasteiger partial charge in [-0.15, -0.1) is 0 Å². The lowest BCUT2D eigenvalue weighted by Crippen LogP contribution is -2.30. The Hall–Kier alpha value is -3.93. The Labute approximate surface area is 495 Å². The number of hydrogen-bond donors (Lipinski definition) is 0. The monoisotopic (exact) mass is 1110 g/mol. The highest BCUT2D eigenvalue weighted by Crippen LogP contribution is 2.17. The maximum absolute atomic E-state index is 12.9. The van der Waals surface area contributed by atoms with Gasteiger partial charge in [0.15, 0.2) is 6.10 Å². The minimum Gasteiger partial charge on any atom is -0.462 e. The topological polar surface area (TPSA) is 78.9 Å². The molecule has 0 N–H and O–H groups in total. The molecule has 0 saturated carbocycles. The Kier molecular flexibility index (Phi) is 64.3. The maximum atomic E-state index is 12.9. The highest BCUT2D eigenvalue weighted by Gasteiger charge is 2.19. The van der Waals surface area contributed by atoms with Crippen LogP contribution in [0.4, 0.5) is 0 Å². The van der Waals surface area contributed by atoms with Gasteiger partial charge in [0.25, 0.3) is 0 Å². The van der Waals surface area contributed by atoms with Crippen LogP contribution in [0.3, 0.4) is 0 Å². The van der Waals surface area contributed by atoms with E-state index in [9.17, 15) is 14.4 Å². The van der Waals surface area contributed by atoms with E-state index in [4.69, 9.17) is 14.2 Å². The third-order valence-electron chi connectivity index (χ3n) is 14.5. The zero-order valence-electron chi connectivity index (χ0n) is 52.6. The van der Waals surface area contributed by atoms with Crippen LogP contribution in [0.25, 0.3) is 0 Å². The lowest BCUT2D eigenvalue weighted by molar-refractivity contribution is -0.167. The van der Waals surface area contributed by atoms with Gasteiger partial charge in [0.2, 0.25) is 0 Å². The lowest BCUT2D eigenvalue weighted by atomic mass is 10.0. The Morgan fingerprint density at radius 2 is 0.487 bits per heavy atom. The Balaban J connectivity index is 4.12. The number of carbonyl (C=O) groups excluding carboxylic acids is 3. The van der Waals surface area contributed by atoms with E-state index in [1.54, 1.807) is 0 Å². The molecule has 0 spiro atoms. The molecule has 0 saturated heterocycles. The molecule has 458 valence electrons. The van der Waals surface area contributed by atoms with E-state index >= 15 is 0 Å². The number of rotatable bonds is 61. The summed E-state index contributed by atoms with van der Waals surface area (Å²) in [5.74, 6) is -0.899. The summed E-state index contributed by atoms with van der Waals surface area (Å²) in [6, 6.07) is 0. The van der Waals surface area contributed by atoms with Crippen LogP contribution >= 0.6 is 0 Å². The molecule has 1 atom stereocenters. The van der Waals surface area contributed by atoms with E-state index in [1.807, 2.05) is 0 Å². The fourth-order valence-electron chi connectivity index (χ4n) is 9.49. The quantitative estimate of drug-likeness (QED) is 0.0261. The third-order valence-corrected chi connectivity index (χ3v) is 14.5. The minimum absolute atomic E-state index is 0.0842. The van der Waals surface area contributed by atoms with Crippen LogP contribution in [0, 0.1) is 0 Å². The number of allylic oxidation sites excluding steroid dienone is 18. The first-order chi connectivity index (χ1) is 39.5. The second-order valence-corrected chi connectivity index (χ2v) is 22.3. The van der Waals surface area contributed by atoms with Crippen molar-refractivity contribution in [3.05, 3.63) is 109 Å². The fourth-order valence-corrected chi connectivity index (χ4v) is 9.49. The molecule has 0 aromatic carbocycles. The molecular weight excluding hydrogens is 985 g/mol. The molecule has 0 bridgehead atoms. The molecule has 0 aromatic rings. The highest BCUT2D eigenvalue weighted by molar-refractivity contribution is 5.71. The van der Waals surface area contributed by atoms with Gasteiger partial charge in [0.05, 0.1) is 0 Å². The second-order valence-electron chi connectivity index (χ2n) is 22.3. The first kappa shape index (κ1) is 76.1. The zero-order valence-corrected chi connectivity index (χ0v) is 52.6. The summed E-state index contributed by atoms with van der Waals surface area (Å²) in [5.41, 5.74) is 0. The lowest BCUT2D eigenvalue weighted by Gasteiger charge is -2.18. The molecule has 1 unspecified atom stereocenters. The van der Waals surface area contributed by atoms with Crippen LogP contribution in [-0.4, -0.2) is 37.2 Å². The van der Waals surface area contributed by atoms with Crippen molar-refractivity contribution >= 4 is 17.9 Å². The van der Waals surface area contributed by atoms with Crippen molar-refractivity contribution in [1.82, 2.24) is 0 Å². The van der Waals surface area contributed by atoms with E-state index in [-0.39, 0.29) is 31.1 Å². The Morgan fingerprint density at radius 1 is 0.263 bits per heavy atom. The average molecular weight is 1110 g/mol. The van der Waals surface area contributed by atoms with Gasteiger partial charge in [-0.3, -0.25) is 14.4 Å². The predicted octanol–water partition coefficient (Wildman–Crippen LogP) is 23.4. The van der Waals surface area contributed by atoms with E-state index in [0.717, 1.165) is 135 Å². The summed E-state index contributed by atoms with van der Waals surface area (Å²) in [6.45, 7) is 6.36. The van der Waals surface area contributed by atoms with Crippen molar-refractivity contribution in [2.45, 2.75) is 329 Å². The number of carbonyl (C=O) groups is 3. The van der Waals surface area contributed by atoms with Crippen molar-refractivity contribution in [1.29, 1.82) is 0 Å². The summed E-state index contributed by atoms with van der Waals surface area (Å²) in [6.07, 6.45) is 92.7. The smallest absolute Gasteiger partial charge is 0.306 e. The van der Waals surface area contributed by atoms with Crippen LogP contribution in [0.5, 0.6) is 0 Å². The van der Waals surface area contributed by atoms with Gasteiger partial charge in [-0.25, -0.2) is 0 Å². The summed E-state index contributed by atoms with van der Waals surface area (Å²) in [7, 11) is 0. The number of hydrogen-bond acceptors (Lipinski definition) is 6. The van der Waals surface area contributed by atoms with Crippen LogP contribution in [0.15, 0.2) is 109 Å². The van der Waals surface area contributed by atoms with E-state index in [2.05, 4.69) is 130 Å². The molecular formula is C74H126O6. The first-order valence-electron chi connectivity index (χ1n) is 33.9. The Morgan fingerprint density at radius 3 is 0.775 bits per heavy atom. The molecule has 0 aliphatic carbocycles. The molecule has 0 aliphatic heterocycles. The molecule has 0 aromatic heterocycles. The van der Waals surface area contributed by atoms with Crippen molar-refractivity contribution in [2.75, 3.05) is 13.2 Å². The first-order valence-corrected chi connectivity index (χ1v) is 33.9. The standard InChI is InChI=1S/C74H126O6/c1-4-7-10-13-16-19-22-24-26-28-30-31-32-33-34-35-36-37-38-39-40-41-42-43-45-46-48-50-52-55-58-61-64-67-73(76)79-70-71(69-78-72(75)66-63-60-57-54-21-18-15-12-9-6-3)80-74(77)68-65-62-59-56-53-51-49-47-44-29-27-25-23-20-17-14-11-8-5-2/h7-8,10-12,15-17,19-20,24-27,30-31,44,47,71H,4-6,9,13-14,18,21-23,28-29,32-43,45-46,48-70H2,1-3H3/b10-7-,11-8-,15-12-,19-16-,20-17-,26-24-,27-25-,31-30-,47-44-. The molecule has 0 rings (SSSR count). The molecule has 80 heavy (non-hydrogen) atoms. The summed E-state index contributed by atoms with van der Waals surface area (Å²) >= 11 is 0.